The van der Waals surface area contributed by atoms with Gasteiger partial charge in [-0.05, 0) is 19.1 Å². The molecule has 0 aliphatic rings. The lowest BCUT2D eigenvalue weighted by Gasteiger charge is -2.22. The van der Waals surface area contributed by atoms with Crippen molar-refractivity contribution in [3.63, 3.8) is 0 Å². The van der Waals surface area contributed by atoms with E-state index in [4.69, 9.17) is 0 Å². The second-order valence-corrected chi connectivity index (χ2v) is 4.44. The third-order valence-corrected chi connectivity index (χ3v) is 3.18. The van der Waals surface area contributed by atoms with Gasteiger partial charge in [0.15, 0.2) is 0 Å². The van der Waals surface area contributed by atoms with Gasteiger partial charge in [-0.1, -0.05) is 25.1 Å². The molecule has 0 saturated carbocycles. The minimum absolute atomic E-state index is 0.824. The summed E-state index contributed by atoms with van der Waals surface area (Å²) in [6.45, 7) is 4.11. The zero-order valence-corrected chi connectivity index (χ0v) is 11.9. The number of para-hydroxylation sites is 1. The summed E-state index contributed by atoms with van der Waals surface area (Å²) in [6.07, 6.45) is 0.824. The molecule has 0 radical (unpaired) electrons. The topological polar surface area (TPSA) is 41.1 Å². The molecule has 2 rings (SSSR count). The number of hydrogen-bond acceptors (Lipinski definition) is 4. The third kappa shape index (κ3) is 2.67. The van der Waals surface area contributed by atoms with E-state index in [1.54, 1.807) is 0 Å². The van der Waals surface area contributed by atoms with Crippen LogP contribution in [0.25, 0.3) is 0 Å². The summed E-state index contributed by atoms with van der Waals surface area (Å²) in [5.41, 5.74) is 2.18. The van der Waals surface area contributed by atoms with Gasteiger partial charge in [-0.2, -0.15) is 0 Å². The first-order valence-electron chi connectivity index (χ1n) is 6.51. The fourth-order valence-corrected chi connectivity index (χ4v) is 2.05. The van der Waals surface area contributed by atoms with Crippen molar-refractivity contribution in [3.8, 4) is 0 Å². The molecule has 0 bridgehead atoms. The van der Waals surface area contributed by atoms with E-state index in [-0.39, 0.29) is 0 Å². The molecule has 0 fully saturated rings. The molecule has 1 aromatic carbocycles. The normalized spacial score (nSPS) is 10.3. The molecule has 1 heterocycles. The number of anilines is 3. The Morgan fingerprint density at radius 2 is 1.84 bits per heavy atom. The van der Waals surface area contributed by atoms with Crippen LogP contribution in [-0.2, 0) is 6.42 Å². The van der Waals surface area contributed by atoms with Crippen molar-refractivity contribution in [2.24, 2.45) is 0 Å². The summed E-state index contributed by atoms with van der Waals surface area (Å²) in [5, 5.41) is 3.14. The molecule has 4 nitrogen and oxygen atoms in total. The van der Waals surface area contributed by atoms with Crippen molar-refractivity contribution in [3.05, 3.63) is 41.7 Å². The quantitative estimate of drug-likeness (QED) is 0.912. The van der Waals surface area contributed by atoms with Gasteiger partial charge in [0.2, 0.25) is 0 Å². The van der Waals surface area contributed by atoms with Crippen molar-refractivity contribution in [1.82, 2.24) is 9.97 Å². The van der Waals surface area contributed by atoms with E-state index in [1.807, 2.05) is 39.2 Å². The fourth-order valence-electron chi connectivity index (χ4n) is 2.05. The van der Waals surface area contributed by atoms with E-state index < -0.39 is 0 Å². The molecular weight excluding hydrogens is 236 g/mol. The highest BCUT2D eigenvalue weighted by molar-refractivity contribution is 5.66. The molecule has 0 amide bonds. The van der Waals surface area contributed by atoms with Crippen LogP contribution in [0.1, 0.15) is 18.3 Å². The molecule has 0 spiro atoms. The number of nitrogens with zero attached hydrogens (tertiary/aromatic N) is 3. The van der Waals surface area contributed by atoms with Crippen LogP contribution in [0.2, 0.25) is 0 Å². The van der Waals surface area contributed by atoms with Crippen molar-refractivity contribution < 1.29 is 0 Å². The zero-order chi connectivity index (χ0) is 13.8. The van der Waals surface area contributed by atoms with Crippen LogP contribution in [0.5, 0.6) is 0 Å². The standard InChI is InChI=1S/C15H20N4/c1-5-13-17-14(16-3)11(2)15(18-13)19(4)12-9-7-6-8-10-12/h6-10H,5H2,1-4H3,(H,16,17,18). The lowest BCUT2D eigenvalue weighted by Crippen LogP contribution is -2.16. The van der Waals surface area contributed by atoms with Gasteiger partial charge < -0.3 is 10.2 Å². The van der Waals surface area contributed by atoms with E-state index in [0.717, 1.165) is 35.1 Å². The zero-order valence-electron chi connectivity index (χ0n) is 11.9. The van der Waals surface area contributed by atoms with Gasteiger partial charge in [-0.15, -0.1) is 0 Å². The Morgan fingerprint density at radius 1 is 1.16 bits per heavy atom. The van der Waals surface area contributed by atoms with E-state index in [0.29, 0.717) is 0 Å². The average molecular weight is 256 g/mol. The Hall–Kier alpha value is -2.10. The van der Waals surface area contributed by atoms with Crippen LogP contribution in [-0.4, -0.2) is 24.1 Å². The van der Waals surface area contributed by atoms with Crippen LogP contribution in [0.3, 0.4) is 0 Å². The van der Waals surface area contributed by atoms with Crippen molar-refractivity contribution >= 4 is 17.3 Å². The highest BCUT2D eigenvalue weighted by atomic mass is 15.2. The minimum Gasteiger partial charge on any atom is -0.373 e. The first kappa shape index (κ1) is 13.3. The molecule has 4 heteroatoms. The largest absolute Gasteiger partial charge is 0.373 e. The molecule has 0 unspecified atom stereocenters. The maximum atomic E-state index is 4.65. The lowest BCUT2D eigenvalue weighted by atomic mass is 10.2. The van der Waals surface area contributed by atoms with E-state index >= 15 is 0 Å². The van der Waals surface area contributed by atoms with Gasteiger partial charge in [-0.3, -0.25) is 0 Å². The van der Waals surface area contributed by atoms with Gasteiger partial charge in [-0.25, -0.2) is 9.97 Å². The van der Waals surface area contributed by atoms with E-state index in [1.165, 1.54) is 0 Å². The number of hydrogen-bond donors (Lipinski definition) is 1. The first-order chi connectivity index (χ1) is 9.17. The van der Waals surface area contributed by atoms with Crippen molar-refractivity contribution in [2.45, 2.75) is 20.3 Å². The summed E-state index contributed by atoms with van der Waals surface area (Å²) in [4.78, 5) is 11.2. The van der Waals surface area contributed by atoms with Crippen LogP contribution in [0.4, 0.5) is 17.3 Å². The summed E-state index contributed by atoms with van der Waals surface area (Å²) >= 11 is 0. The Morgan fingerprint density at radius 3 is 2.42 bits per heavy atom. The van der Waals surface area contributed by atoms with Gasteiger partial charge in [0.1, 0.15) is 17.5 Å². The van der Waals surface area contributed by atoms with Crippen molar-refractivity contribution in [2.75, 3.05) is 24.3 Å². The van der Waals surface area contributed by atoms with Gasteiger partial charge >= 0.3 is 0 Å². The molecular formula is C15H20N4. The second-order valence-electron chi connectivity index (χ2n) is 4.44. The highest BCUT2D eigenvalue weighted by Crippen LogP contribution is 2.28. The van der Waals surface area contributed by atoms with Crippen LogP contribution >= 0.6 is 0 Å². The third-order valence-electron chi connectivity index (χ3n) is 3.18. The summed E-state index contributed by atoms with van der Waals surface area (Å²) in [6, 6.07) is 10.2. The van der Waals surface area contributed by atoms with E-state index in [9.17, 15) is 0 Å². The summed E-state index contributed by atoms with van der Waals surface area (Å²) in [5.74, 6) is 2.69. The Balaban J connectivity index is 2.49. The molecule has 0 atom stereocenters. The monoisotopic (exact) mass is 256 g/mol. The lowest BCUT2D eigenvalue weighted by molar-refractivity contribution is 0.917. The maximum absolute atomic E-state index is 4.65. The van der Waals surface area contributed by atoms with Gasteiger partial charge in [0, 0.05) is 31.8 Å². The molecule has 1 N–H and O–H groups in total. The fraction of sp³-hybridized carbons (Fsp3) is 0.333. The number of nitrogens with one attached hydrogen (secondary N) is 1. The second kappa shape index (κ2) is 5.69. The Labute approximate surface area is 114 Å². The SMILES string of the molecule is CCc1nc(NC)c(C)c(N(C)c2ccccc2)n1. The molecule has 0 saturated heterocycles. The van der Waals surface area contributed by atoms with Crippen LogP contribution in [0.15, 0.2) is 30.3 Å². The Kier molecular flexibility index (Phi) is 4.00. The van der Waals surface area contributed by atoms with Crippen molar-refractivity contribution in [1.29, 1.82) is 0 Å². The maximum Gasteiger partial charge on any atom is 0.141 e. The molecule has 1 aromatic heterocycles. The predicted octanol–water partition coefficient (Wildman–Crippen LogP) is 3.16. The Bertz CT molecular complexity index is 552. The number of benzene rings is 1. The predicted molar refractivity (Wildman–Crippen MR) is 80.2 cm³/mol. The molecule has 19 heavy (non-hydrogen) atoms. The molecule has 100 valence electrons. The minimum atomic E-state index is 0.824. The smallest absolute Gasteiger partial charge is 0.141 e. The molecule has 0 aliphatic carbocycles. The van der Waals surface area contributed by atoms with Gasteiger partial charge in [0.25, 0.3) is 0 Å². The summed E-state index contributed by atoms with van der Waals surface area (Å²) in [7, 11) is 3.92. The average Bonchev–Trinajstić information content (AvgIpc) is 2.47. The van der Waals surface area contributed by atoms with Gasteiger partial charge in [0.05, 0.1) is 0 Å². The number of aryl methyl sites for hydroxylation is 1. The summed E-state index contributed by atoms with van der Waals surface area (Å²) < 4.78 is 0. The molecule has 0 aliphatic heterocycles. The number of rotatable bonds is 4. The van der Waals surface area contributed by atoms with E-state index in [2.05, 4.69) is 39.2 Å². The highest BCUT2D eigenvalue weighted by Gasteiger charge is 2.14. The van der Waals surface area contributed by atoms with Crippen LogP contribution < -0.4 is 10.2 Å². The van der Waals surface area contributed by atoms with Crippen LogP contribution in [0, 0.1) is 6.92 Å². The first-order valence-corrected chi connectivity index (χ1v) is 6.51. The number of aromatic nitrogens is 2. The molecule has 2 aromatic rings.